The molecule has 0 bridgehead atoms. The number of rotatable bonds is 6. The first-order valence-electron chi connectivity index (χ1n) is 7.71. The van der Waals surface area contributed by atoms with Gasteiger partial charge < -0.3 is 19.9 Å². The minimum absolute atomic E-state index is 0.0423. The number of halogens is 1. The maximum Gasteiger partial charge on any atom is 0.231 e. The molecule has 1 aliphatic heterocycles. The summed E-state index contributed by atoms with van der Waals surface area (Å²) in [6.07, 6.45) is 0.626. The van der Waals surface area contributed by atoms with Crippen molar-refractivity contribution in [2.75, 3.05) is 18.7 Å². The Kier molecular flexibility index (Phi) is 4.96. The zero-order valence-electron chi connectivity index (χ0n) is 13.0. The maximum absolute atomic E-state index is 13.0. The van der Waals surface area contributed by atoms with Crippen LogP contribution in [0.2, 0.25) is 0 Å². The van der Waals surface area contributed by atoms with Gasteiger partial charge in [-0.1, -0.05) is 12.1 Å². The SMILES string of the molecule is O=C(C[C@H](CCO)c1ccc(F)cc1)Nc1ccc2c(c1)OCO2. The first-order chi connectivity index (χ1) is 11.7. The molecule has 0 spiro atoms. The molecule has 2 aromatic carbocycles. The van der Waals surface area contributed by atoms with Crippen molar-refractivity contribution in [2.45, 2.75) is 18.8 Å². The van der Waals surface area contributed by atoms with E-state index in [9.17, 15) is 14.3 Å². The zero-order chi connectivity index (χ0) is 16.9. The minimum Gasteiger partial charge on any atom is -0.454 e. The predicted molar refractivity (Wildman–Crippen MR) is 86.7 cm³/mol. The second-order valence-electron chi connectivity index (χ2n) is 5.58. The van der Waals surface area contributed by atoms with E-state index in [2.05, 4.69) is 5.32 Å². The second kappa shape index (κ2) is 7.31. The van der Waals surface area contributed by atoms with Crippen LogP contribution in [-0.2, 0) is 4.79 Å². The number of carbonyl (C=O) groups is 1. The third-order valence-corrected chi connectivity index (χ3v) is 3.91. The fourth-order valence-corrected chi connectivity index (χ4v) is 2.69. The Balaban J connectivity index is 1.66. The van der Waals surface area contributed by atoms with E-state index in [1.165, 1.54) is 12.1 Å². The molecule has 0 saturated heterocycles. The number of aliphatic hydroxyl groups excluding tert-OH is 1. The van der Waals surface area contributed by atoms with E-state index in [0.29, 0.717) is 23.6 Å². The number of benzene rings is 2. The molecule has 2 aromatic rings. The fourth-order valence-electron chi connectivity index (χ4n) is 2.69. The molecule has 24 heavy (non-hydrogen) atoms. The zero-order valence-corrected chi connectivity index (χ0v) is 13.0. The van der Waals surface area contributed by atoms with Crippen molar-refractivity contribution in [3.63, 3.8) is 0 Å². The molecule has 5 nitrogen and oxygen atoms in total. The lowest BCUT2D eigenvalue weighted by molar-refractivity contribution is -0.116. The van der Waals surface area contributed by atoms with Crippen LogP contribution in [0.5, 0.6) is 11.5 Å². The van der Waals surface area contributed by atoms with E-state index in [1.807, 2.05) is 0 Å². The molecule has 0 aliphatic carbocycles. The number of amides is 1. The van der Waals surface area contributed by atoms with E-state index in [1.54, 1.807) is 30.3 Å². The van der Waals surface area contributed by atoms with Crippen LogP contribution in [0, 0.1) is 5.82 Å². The molecule has 0 saturated carbocycles. The highest BCUT2D eigenvalue weighted by atomic mass is 19.1. The number of hydrogen-bond donors (Lipinski definition) is 2. The second-order valence-corrected chi connectivity index (χ2v) is 5.58. The van der Waals surface area contributed by atoms with E-state index in [4.69, 9.17) is 9.47 Å². The van der Waals surface area contributed by atoms with Crippen molar-refractivity contribution in [1.82, 2.24) is 0 Å². The van der Waals surface area contributed by atoms with Crippen molar-refractivity contribution in [3.05, 3.63) is 53.8 Å². The molecule has 1 atom stereocenters. The number of aliphatic hydroxyl groups is 1. The summed E-state index contributed by atoms with van der Waals surface area (Å²) in [7, 11) is 0. The van der Waals surface area contributed by atoms with Gasteiger partial charge in [0.25, 0.3) is 0 Å². The summed E-state index contributed by atoms with van der Waals surface area (Å²) in [6, 6.07) is 11.2. The Morgan fingerprint density at radius 1 is 1.17 bits per heavy atom. The molecule has 3 rings (SSSR count). The lowest BCUT2D eigenvalue weighted by Gasteiger charge is -2.16. The van der Waals surface area contributed by atoms with Crippen molar-refractivity contribution < 1.29 is 23.8 Å². The summed E-state index contributed by atoms with van der Waals surface area (Å²) in [4.78, 5) is 12.3. The summed E-state index contributed by atoms with van der Waals surface area (Å²) in [6.45, 7) is 0.134. The van der Waals surface area contributed by atoms with Crippen LogP contribution in [0.1, 0.15) is 24.3 Å². The number of fused-ring (bicyclic) bond motifs is 1. The van der Waals surface area contributed by atoms with E-state index in [0.717, 1.165) is 5.56 Å². The third kappa shape index (κ3) is 3.83. The molecule has 0 radical (unpaired) electrons. The molecule has 0 unspecified atom stereocenters. The van der Waals surface area contributed by atoms with E-state index in [-0.39, 0.29) is 37.5 Å². The largest absolute Gasteiger partial charge is 0.454 e. The van der Waals surface area contributed by atoms with Crippen LogP contribution >= 0.6 is 0 Å². The number of carbonyl (C=O) groups excluding carboxylic acids is 1. The first-order valence-corrected chi connectivity index (χ1v) is 7.71. The standard InChI is InChI=1S/C18H18FNO4/c19-14-3-1-12(2-4-14)13(7-8-21)9-18(22)20-15-5-6-16-17(10-15)24-11-23-16/h1-6,10,13,21H,7-9,11H2,(H,20,22)/t13-/m0/s1. The van der Waals surface area contributed by atoms with Gasteiger partial charge in [0.15, 0.2) is 11.5 Å². The van der Waals surface area contributed by atoms with Crippen LogP contribution in [-0.4, -0.2) is 24.4 Å². The quantitative estimate of drug-likeness (QED) is 0.854. The predicted octanol–water partition coefficient (Wildman–Crippen LogP) is 3.05. The fraction of sp³-hybridized carbons (Fsp3) is 0.278. The Hall–Kier alpha value is -2.60. The molecular weight excluding hydrogens is 313 g/mol. The van der Waals surface area contributed by atoms with Crippen molar-refractivity contribution in [3.8, 4) is 11.5 Å². The highest BCUT2D eigenvalue weighted by molar-refractivity contribution is 5.91. The van der Waals surface area contributed by atoms with Gasteiger partial charge in [0.05, 0.1) is 0 Å². The van der Waals surface area contributed by atoms with Crippen molar-refractivity contribution >= 4 is 11.6 Å². The van der Waals surface area contributed by atoms with Gasteiger partial charge in [-0.2, -0.15) is 0 Å². The topological polar surface area (TPSA) is 67.8 Å². The van der Waals surface area contributed by atoms with Gasteiger partial charge in [0.1, 0.15) is 5.82 Å². The van der Waals surface area contributed by atoms with Gasteiger partial charge in [0, 0.05) is 24.8 Å². The van der Waals surface area contributed by atoms with Gasteiger partial charge in [-0.25, -0.2) is 4.39 Å². The van der Waals surface area contributed by atoms with Crippen molar-refractivity contribution in [1.29, 1.82) is 0 Å². The third-order valence-electron chi connectivity index (χ3n) is 3.91. The molecular formula is C18H18FNO4. The van der Waals surface area contributed by atoms with Crippen molar-refractivity contribution in [2.24, 2.45) is 0 Å². The molecule has 0 fully saturated rings. The number of anilines is 1. The Morgan fingerprint density at radius 2 is 1.92 bits per heavy atom. The smallest absolute Gasteiger partial charge is 0.231 e. The van der Waals surface area contributed by atoms with Gasteiger partial charge >= 0.3 is 0 Å². The normalized spacial score (nSPS) is 13.6. The highest BCUT2D eigenvalue weighted by Crippen LogP contribution is 2.34. The monoisotopic (exact) mass is 331 g/mol. The first kappa shape index (κ1) is 16.3. The minimum atomic E-state index is -0.327. The summed E-state index contributed by atoms with van der Waals surface area (Å²) in [5.41, 5.74) is 1.44. The Morgan fingerprint density at radius 3 is 2.67 bits per heavy atom. The molecule has 0 aromatic heterocycles. The van der Waals surface area contributed by atoms with Crippen LogP contribution in [0.4, 0.5) is 10.1 Å². The number of nitrogens with one attached hydrogen (secondary N) is 1. The average Bonchev–Trinajstić information content (AvgIpc) is 3.03. The van der Waals surface area contributed by atoms with Crippen LogP contribution in [0.3, 0.4) is 0 Å². The summed E-state index contributed by atoms with van der Waals surface area (Å²) < 4.78 is 23.6. The van der Waals surface area contributed by atoms with Crippen LogP contribution in [0.15, 0.2) is 42.5 Å². The van der Waals surface area contributed by atoms with Gasteiger partial charge in [-0.15, -0.1) is 0 Å². The van der Waals surface area contributed by atoms with Crippen LogP contribution < -0.4 is 14.8 Å². The molecule has 6 heteroatoms. The van der Waals surface area contributed by atoms with E-state index >= 15 is 0 Å². The summed E-state index contributed by atoms with van der Waals surface area (Å²) >= 11 is 0. The number of ether oxygens (including phenoxy) is 2. The molecule has 1 heterocycles. The molecule has 2 N–H and O–H groups in total. The summed E-state index contributed by atoms with van der Waals surface area (Å²) in [5.74, 6) is 0.559. The average molecular weight is 331 g/mol. The number of hydrogen-bond acceptors (Lipinski definition) is 4. The van der Waals surface area contributed by atoms with E-state index < -0.39 is 0 Å². The summed E-state index contributed by atoms with van der Waals surface area (Å²) in [5, 5.41) is 12.0. The van der Waals surface area contributed by atoms with Gasteiger partial charge in [0.2, 0.25) is 12.7 Å². The Labute approximate surface area is 139 Å². The van der Waals surface area contributed by atoms with Gasteiger partial charge in [-0.3, -0.25) is 4.79 Å². The molecule has 1 aliphatic rings. The van der Waals surface area contributed by atoms with Gasteiger partial charge in [-0.05, 0) is 42.2 Å². The molecule has 126 valence electrons. The molecule has 1 amide bonds. The maximum atomic E-state index is 13.0. The Bertz CT molecular complexity index is 717. The highest BCUT2D eigenvalue weighted by Gasteiger charge is 2.18. The van der Waals surface area contributed by atoms with Crippen LogP contribution in [0.25, 0.3) is 0 Å². The lowest BCUT2D eigenvalue weighted by Crippen LogP contribution is -2.16. The lowest BCUT2D eigenvalue weighted by atomic mass is 9.92.